The number of likely N-dealkylation sites (N-methyl/N-ethyl adjacent to an activating group) is 1. The third-order valence-corrected chi connectivity index (χ3v) is 16.5. The molecule has 0 aliphatic heterocycles. The molecular formula is C69H117N7O17. The number of amides is 4. The number of ether oxygens (including phenoxy) is 4. The van der Waals surface area contributed by atoms with Gasteiger partial charge in [-0.1, -0.05) is 122 Å². The summed E-state index contributed by atoms with van der Waals surface area (Å²) in [5.41, 5.74) is 12.1. The fourth-order valence-corrected chi connectivity index (χ4v) is 10.7. The van der Waals surface area contributed by atoms with Crippen molar-refractivity contribution in [1.82, 2.24) is 20.9 Å². The lowest BCUT2D eigenvalue weighted by molar-refractivity contribution is -0.142. The van der Waals surface area contributed by atoms with Crippen LogP contribution in [0.5, 0.6) is 5.75 Å². The fourth-order valence-electron chi connectivity index (χ4n) is 10.7. The third-order valence-electron chi connectivity index (χ3n) is 16.5. The quantitative estimate of drug-likeness (QED) is 0.0168. The van der Waals surface area contributed by atoms with Gasteiger partial charge in [0.2, 0.25) is 23.6 Å². The summed E-state index contributed by atoms with van der Waals surface area (Å²) in [6.45, 7) is 5.32. The molecule has 530 valence electrons. The van der Waals surface area contributed by atoms with Gasteiger partial charge in [-0.05, 0) is 94.9 Å². The average Bonchev–Trinajstić information content (AvgIpc) is 1.64. The van der Waals surface area contributed by atoms with Gasteiger partial charge >= 0.3 is 11.9 Å². The number of carbonyl (C=O) groups excluding carboxylic acids is 8. The van der Waals surface area contributed by atoms with Crippen LogP contribution < -0.4 is 27.4 Å². The molecule has 0 saturated carbocycles. The molecule has 24 heteroatoms. The molecule has 1 aromatic rings. The molecule has 1 rings (SSSR count). The Morgan fingerprint density at radius 2 is 1.05 bits per heavy atom. The van der Waals surface area contributed by atoms with Crippen molar-refractivity contribution in [2.75, 3.05) is 79.5 Å². The Balaban J connectivity index is 2.28. The summed E-state index contributed by atoms with van der Waals surface area (Å²) in [6.07, 6.45) is 21.5. The second-order valence-corrected chi connectivity index (χ2v) is 24.8. The zero-order chi connectivity index (χ0) is 68.9. The topological polar surface area (TPSA) is 384 Å². The minimum atomic E-state index is -1.17. The molecule has 1 unspecified atom stereocenters. The predicted octanol–water partition coefficient (Wildman–Crippen LogP) is 8.26. The SMILES string of the molecule is CCC(C)CC(=O)CC[C@@H](CCCCNC(=O)COCCOCCNC(=O)COCCOCCCC(=O)CC[C@H](NC(=O)CCCCCCCCCCCCCCCCC(=O)O)C(=O)O)C(=O)CN(C)[C@@H](CCCCC(=N)N)C(=O)C[C@@H](Cc1ccc(O)cc1)C(N)=O. The summed E-state index contributed by atoms with van der Waals surface area (Å²) in [7, 11) is 1.70. The minimum Gasteiger partial charge on any atom is -0.508 e. The van der Waals surface area contributed by atoms with Crippen molar-refractivity contribution in [3.05, 3.63) is 29.8 Å². The number of phenolic OH excluding ortho intramolecular Hbond substituents is 1. The zero-order valence-electron chi connectivity index (χ0n) is 56.5. The number of nitrogens with one attached hydrogen (secondary N) is 4. The standard InChI is InChI=1S/C69H117N7O17/c1-4-52(2)46-58(79)35-32-54(62(81)49-76(3)60(26-19-20-27-63(70)71)61(80)48-55(68(72)87)47-53-30-33-57(78)34-31-53)24-21-22-38-73-65(83)50-93-45-43-91-41-39-74-66(84)51-92-44-42-90-40-23-25-56(77)36-37-59(69(88)89)75-64(82)28-17-15-13-11-9-7-5-6-8-10-12-14-16-18-29-67(85)86/h30-31,33-34,52,54-55,59-60,78H,4-29,32,35-51H2,1-3H3,(H3,70,71)(H2,72,87)(H,73,83)(H,74,84)(H,75,82)(H,85,86)(H,88,89)/t52?,54-,55-,59+,60+/m1/s1. The molecule has 0 bridgehead atoms. The summed E-state index contributed by atoms with van der Waals surface area (Å²) in [6, 6.07) is 4.47. The van der Waals surface area contributed by atoms with Crippen LogP contribution in [0.2, 0.25) is 0 Å². The summed E-state index contributed by atoms with van der Waals surface area (Å²) >= 11 is 0. The Kier molecular flexibility index (Phi) is 50.3. The van der Waals surface area contributed by atoms with Crippen LogP contribution in [-0.4, -0.2) is 176 Å². The van der Waals surface area contributed by atoms with E-state index in [0.717, 1.165) is 56.9 Å². The average molecular weight is 1320 g/mol. The number of benzene rings is 1. The number of primary amides is 1. The highest BCUT2D eigenvalue weighted by molar-refractivity contribution is 5.91. The number of hydrogen-bond acceptors (Lipinski definition) is 17. The van der Waals surface area contributed by atoms with Crippen LogP contribution in [0.1, 0.15) is 225 Å². The van der Waals surface area contributed by atoms with E-state index in [4.69, 9.17) is 40.9 Å². The van der Waals surface area contributed by atoms with Crippen LogP contribution in [0, 0.1) is 23.2 Å². The van der Waals surface area contributed by atoms with E-state index >= 15 is 0 Å². The van der Waals surface area contributed by atoms with E-state index in [1.165, 1.54) is 50.7 Å². The van der Waals surface area contributed by atoms with Crippen LogP contribution >= 0.6 is 0 Å². The number of nitrogens with zero attached hydrogens (tertiary/aromatic N) is 1. The van der Waals surface area contributed by atoms with E-state index in [0.29, 0.717) is 77.2 Å². The van der Waals surface area contributed by atoms with Crippen molar-refractivity contribution in [3.8, 4) is 5.75 Å². The van der Waals surface area contributed by atoms with E-state index in [2.05, 4.69) is 16.0 Å². The van der Waals surface area contributed by atoms with E-state index in [1.54, 1.807) is 24.1 Å². The van der Waals surface area contributed by atoms with Gasteiger partial charge < -0.3 is 61.7 Å². The van der Waals surface area contributed by atoms with Gasteiger partial charge in [-0.2, -0.15) is 0 Å². The Morgan fingerprint density at radius 3 is 1.61 bits per heavy atom. The molecule has 93 heavy (non-hydrogen) atoms. The van der Waals surface area contributed by atoms with E-state index < -0.39 is 41.8 Å². The van der Waals surface area contributed by atoms with Crippen LogP contribution in [0.4, 0.5) is 0 Å². The maximum atomic E-state index is 14.1. The molecule has 4 amide bonds. The van der Waals surface area contributed by atoms with Gasteiger partial charge in [-0.15, -0.1) is 0 Å². The number of aromatic hydroxyl groups is 1. The van der Waals surface area contributed by atoms with E-state index in [9.17, 15) is 58.2 Å². The lowest BCUT2D eigenvalue weighted by Gasteiger charge is -2.29. The Morgan fingerprint density at radius 1 is 0.527 bits per heavy atom. The molecule has 0 saturated heterocycles. The molecule has 0 spiro atoms. The third kappa shape index (κ3) is 48.2. The van der Waals surface area contributed by atoms with Crippen molar-refractivity contribution in [2.24, 2.45) is 29.2 Å². The number of carboxylic acid groups (broad SMARTS) is 2. The highest BCUT2D eigenvalue weighted by Gasteiger charge is 2.31. The maximum absolute atomic E-state index is 14.1. The summed E-state index contributed by atoms with van der Waals surface area (Å²) in [5.74, 6) is -4.90. The molecule has 0 radical (unpaired) electrons. The minimum absolute atomic E-state index is 0.0113. The number of nitrogens with two attached hydrogens (primary N) is 2. The van der Waals surface area contributed by atoms with Crippen molar-refractivity contribution >= 4 is 64.5 Å². The van der Waals surface area contributed by atoms with Gasteiger partial charge in [0.15, 0.2) is 5.78 Å². The van der Waals surface area contributed by atoms with Gasteiger partial charge in [-0.25, -0.2) is 4.79 Å². The fraction of sp³-hybridized carbons (Fsp3) is 0.754. The lowest BCUT2D eigenvalue weighted by Crippen LogP contribution is -2.44. The molecule has 1 aromatic carbocycles. The Labute approximate surface area is 553 Å². The number of ketones is 4. The molecule has 24 nitrogen and oxygen atoms in total. The first-order valence-corrected chi connectivity index (χ1v) is 34.4. The smallest absolute Gasteiger partial charge is 0.326 e. The first kappa shape index (κ1) is 84.8. The Bertz CT molecular complexity index is 2310. The molecule has 11 N–H and O–H groups in total. The van der Waals surface area contributed by atoms with Crippen molar-refractivity contribution < 1.29 is 82.2 Å². The van der Waals surface area contributed by atoms with E-state index in [-0.39, 0.29) is 176 Å². The van der Waals surface area contributed by atoms with Crippen LogP contribution in [0.3, 0.4) is 0 Å². The largest absolute Gasteiger partial charge is 0.508 e. The van der Waals surface area contributed by atoms with E-state index in [1.807, 2.05) is 13.8 Å². The summed E-state index contributed by atoms with van der Waals surface area (Å²) < 4.78 is 21.8. The highest BCUT2D eigenvalue weighted by Crippen LogP contribution is 2.24. The second kappa shape index (κ2) is 55.1. The van der Waals surface area contributed by atoms with Crippen molar-refractivity contribution in [3.63, 3.8) is 0 Å². The van der Waals surface area contributed by atoms with Crippen LogP contribution in [0.15, 0.2) is 24.3 Å². The number of amidine groups is 1. The summed E-state index contributed by atoms with van der Waals surface area (Å²) in [4.78, 5) is 127. The van der Waals surface area contributed by atoms with Gasteiger partial charge in [0, 0.05) is 82.9 Å². The Hall–Kier alpha value is -6.21. The molecule has 0 aliphatic carbocycles. The molecule has 0 fully saturated rings. The number of rotatable bonds is 65. The van der Waals surface area contributed by atoms with Gasteiger partial charge in [0.1, 0.15) is 42.4 Å². The van der Waals surface area contributed by atoms with Gasteiger partial charge in [0.25, 0.3) is 0 Å². The van der Waals surface area contributed by atoms with Crippen molar-refractivity contribution in [1.29, 1.82) is 5.41 Å². The number of unbranched alkanes of at least 4 members (excludes halogenated alkanes) is 15. The predicted molar refractivity (Wildman–Crippen MR) is 355 cm³/mol. The van der Waals surface area contributed by atoms with Gasteiger partial charge in [0.05, 0.1) is 51.5 Å². The number of hydrogen-bond donors (Lipinski definition) is 9. The summed E-state index contributed by atoms with van der Waals surface area (Å²) in [5, 5.41) is 43.7. The normalized spacial score (nSPS) is 12.9. The van der Waals surface area contributed by atoms with Gasteiger partial charge in [-0.3, -0.25) is 53.5 Å². The second-order valence-electron chi connectivity index (χ2n) is 24.8. The monoisotopic (exact) mass is 1320 g/mol. The highest BCUT2D eigenvalue weighted by atomic mass is 16.5. The molecular weight excluding hydrogens is 1200 g/mol. The lowest BCUT2D eigenvalue weighted by atomic mass is 9.88. The maximum Gasteiger partial charge on any atom is 0.326 e. The number of Topliss-reactive ketones (excluding diaryl/α,β-unsaturated/α-hetero) is 4. The zero-order valence-corrected chi connectivity index (χ0v) is 56.5. The first-order valence-electron chi connectivity index (χ1n) is 34.4. The first-order chi connectivity index (χ1) is 44.6. The molecule has 5 atom stereocenters. The molecule has 0 heterocycles. The number of carbonyl (C=O) groups is 10. The molecule has 0 aromatic heterocycles. The number of aliphatic carboxylic acids is 2. The number of carboxylic acids is 2. The molecule has 0 aliphatic rings. The van der Waals surface area contributed by atoms with Crippen LogP contribution in [0.25, 0.3) is 0 Å². The van der Waals surface area contributed by atoms with Crippen LogP contribution in [-0.2, 0) is 73.3 Å². The number of phenols is 1. The van der Waals surface area contributed by atoms with Crippen molar-refractivity contribution in [2.45, 2.75) is 238 Å².